The number of aromatic nitrogens is 4. The number of nitrogens with one attached hydrogen (secondary N) is 1. The van der Waals surface area contributed by atoms with Gasteiger partial charge in [0.2, 0.25) is 17.7 Å². The summed E-state index contributed by atoms with van der Waals surface area (Å²) in [6, 6.07) is 0.457. The van der Waals surface area contributed by atoms with Gasteiger partial charge in [0.15, 0.2) is 5.82 Å². The van der Waals surface area contributed by atoms with Crippen LogP contribution in [-0.2, 0) is 6.54 Å². The minimum absolute atomic E-state index is 0.0581. The first kappa shape index (κ1) is 15.7. The van der Waals surface area contributed by atoms with Crippen LogP contribution in [0.3, 0.4) is 0 Å². The molecule has 3 heterocycles. The van der Waals surface area contributed by atoms with Crippen molar-refractivity contribution in [3.8, 4) is 0 Å². The summed E-state index contributed by atoms with van der Waals surface area (Å²) in [6.07, 6.45) is 4.67. The summed E-state index contributed by atoms with van der Waals surface area (Å²) in [7, 11) is 0. The Labute approximate surface area is 141 Å². The number of hydrogen-bond acceptors (Lipinski definition) is 8. The van der Waals surface area contributed by atoms with Gasteiger partial charge in [-0.15, -0.1) is 10.2 Å². The molecule has 2 aromatic heterocycles. The van der Waals surface area contributed by atoms with Crippen LogP contribution in [-0.4, -0.2) is 44.4 Å². The van der Waals surface area contributed by atoms with Crippen LogP contribution in [0.4, 0.5) is 0 Å². The molecule has 1 aliphatic heterocycles. The van der Waals surface area contributed by atoms with E-state index in [1.807, 2.05) is 6.92 Å². The minimum atomic E-state index is 0.0581. The molecule has 2 aromatic rings. The van der Waals surface area contributed by atoms with Gasteiger partial charge in [0.1, 0.15) is 0 Å². The first-order chi connectivity index (χ1) is 11.7. The largest absolute Gasteiger partial charge is 0.424 e. The lowest BCUT2D eigenvalue weighted by Gasteiger charge is -2.33. The molecule has 4 rings (SSSR count). The Hall–Kier alpha value is -1.80. The molecule has 1 aliphatic carbocycles. The van der Waals surface area contributed by atoms with Gasteiger partial charge >= 0.3 is 0 Å². The third-order valence-corrected chi connectivity index (χ3v) is 4.68. The van der Waals surface area contributed by atoms with Crippen LogP contribution in [0.5, 0.6) is 0 Å². The minimum Gasteiger partial charge on any atom is -0.424 e. The van der Waals surface area contributed by atoms with Crippen molar-refractivity contribution in [3.05, 3.63) is 23.5 Å². The highest BCUT2D eigenvalue weighted by Crippen LogP contribution is 2.38. The Morgan fingerprint density at radius 1 is 1.29 bits per heavy atom. The zero-order valence-electron chi connectivity index (χ0n) is 14.2. The molecule has 2 unspecified atom stereocenters. The zero-order valence-corrected chi connectivity index (χ0v) is 14.2. The molecular formula is C16H24N6O2. The second kappa shape index (κ2) is 6.60. The van der Waals surface area contributed by atoms with Crippen molar-refractivity contribution in [1.82, 2.24) is 30.6 Å². The van der Waals surface area contributed by atoms with Crippen molar-refractivity contribution in [3.63, 3.8) is 0 Å². The van der Waals surface area contributed by atoms with Crippen LogP contribution < -0.4 is 5.32 Å². The fourth-order valence-electron chi connectivity index (χ4n) is 3.27. The van der Waals surface area contributed by atoms with Crippen LogP contribution in [0.25, 0.3) is 0 Å². The number of nitrogens with zero attached hydrogens (tertiary/aromatic N) is 5. The Morgan fingerprint density at radius 2 is 2.17 bits per heavy atom. The molecule has 130 valence electrons. The lowest BCUT2D eigenvalue weighted by Crippen LogP contribution is -2.46. The molecule has 2 fully saturated rings. The summed E-state index contributed by atoms with van der Waals surface area (Å²) in [4.78, 5) is 6.91. The average Bonchev–Trinajstić information content (AvgIpc) is 3.16. The van der Waals surface area contributed by atoms with Crippen molar-refractivity contribution in [2.45, 2.75) is 64.1 Å². The molecule has 2 atom stereocenters. The van der Waals surface area contributed by atoms with E-state index in [2.05, 4.69) is 37.5 Å². The maximum absolute atomic E-state index is 5.51. The van der Waals surface area contributed by atoms with Crippen LogP contribution in [0, 0.1) is 6.92 Å². The highest BCUT2D eigenvalue weighted by molar-refractivity contribution is 5.02. The SMILES string of the molecule is Cc1nnc(C(C)NC2CCCN(Cc3noc(C4CC4)n3)C2)o1. The quantitative estimate of drug-likeness (QED) is 0.858. The third kappa shape index (κ3) is 3.64. The van der Waals surface area contributed by atoms with Crippen molar-refractivity contribution in [1.29, 1.82) is 0 Å². The van der Waals surface area contributed by atoms with Crippen molar-refractivity contribution in [2.24, 2.45) is 0 Å². The van der Waals surface area contributed by atoms with Gasteiger partial charge in [-0.3, -0.25) is 4.90 Å². The van der Waals surface area contributed by atoms with E-state index in [9.17, 15) is 0 Å². The fourth-order valence-corrected chi connectivity index (χ4v) is 3.27. The van der Waals surface area contributed by atoms with Crippen LogP contribution >= 0.6 is 0 Å². The predicted octanol–water partition coefficient (Wildman–Crippen LogP) is 1.95. The summed E-state index contributed by atoms with van der Waals surface area (Å²) in [5.74, 6) is 3.39. The van der Waals surface area contributed by atoms with E-state index in [4.69, 9.17) is 8.94 Å². The maximum atomic E-state index is 5.51. The maximum Gasteiger partial charge on any atom is 0.233 e. The van der Waals surface area contributed by atoms with Gasteiger partial charge in [-0.1, -0.05) is 5.16 Å². The molecule has 1 saturated heterocycles. The second-order valence-electron chi connectivity index (χ2n) is 6.95. The van der Waals surface area contributed by atoms with Gasteiger partial charge < -0.3 is 14.3 Å². The molecule has 8 heteroatoms. The van der Waals surface area contributed by atoms with E-state index >= 15 is 0 Å². The predicted molar refractivity (Wildman–Crippen MR) is 85.2 cm³/mol. The van der Waals surface area contributed by atoms with E-state index < -0.39 is 0 Å². The monoisotopic (exact) mass is 332 g/mol. The first-order valence-electron chi connectivity index (χ1n) is 8.78. The number of rotatable bonds is 6. The molecule has 2 aliphatic rings. The lowest BCUT2D eigenvalue weighted by atomic mass is 10.0. The molecule has 8 nitrogen and oxygen atoms in total. The molecule has 0 radical (unpaired) electrons. The van der Waals surface area contributed by atoms with Crippen molar-refractivity contribution in [2.75, 3.05) is 13.1 Å². The normalized spacial score (nSPS) is 23.5. The smallest absolute Gasteiger partial charge is 0.233 e. The Kier molecular flexibility index (Phi) is 4.32. The molecule has 0 bridgehead atoms. The van der Waals surface area contributed by atoms with Gasteiger partial charge in [0.25, 0.3) is 0 Å². The molecule has 0 spiro atoms. The van der Waals surface area contributed by atoms with Gasteiger partial charge in [0, 0.05) is 25.4 Å². The first-order valence-corrected chi connectivity index (χ1v) is 8.78. The Morgan fingerprint density at radius 3 is 2.92 bits per heavy atom. The summed E-state index contributed by atoms with van der Waals surface area (Å²) in [5, 5.41) is 15.7. The molecule has 1 N–H and O–H groups in total. The Bertz CT molecular complexity index is 680. The molecule has 0 amide bonds. The van der Waals surface area contributed by atoms with Crippen LogP contribution in [0.1, 0.15) is 68.1 Å². The second-order valence-corrected chi connectivity index (χ2v) is 6.95. The highest BCUT2D eigenvalue weighted by Gasteiger charge is 2.30. The molecular weight excluding hydrogens is 308 g/mol. The summed E-state index contributed by atoms with van der Waals surface area (Å²) in [6.45, 7) is 6.66. The van der Waals surface area contributed by atoms with E-state index in [-0.39, 0.29) is 6.04 Å². The topological polar surface area (TPSA) is 93.1 Å². The Balaban J connectivity index is 1.31. The lowest BCUT2D eigenvalue weighted by molar-refractivity contribution is 0.168. The van der Waals surface area contributed by atoms with Gasteiger partial charge in [0.05, 0.1) is 12.6 Å². The third-order valence-electron chi connectivity index (χ3n) is 4.68. The number of piperidine rings is 1. The fraction of sp³-hybridized carbons (Fsp3) is 0.750. The zero-order chi connectivity index (χ0) is 16.5. The number of hydrogen-bond donors (Lipinski definition) is 1. The van der Waals surface area contributed by atoms with Crippen LogP contribution in [0.15, 0.2) is 8.94 Å². The number of likely N-dealkylation sites (tertiary alicyclic amines) is 1. The van der Waals surface area contributed by atoms with Crippen LogP contribution in [0.2, 0.25) is 0 Å². The van der Waals surface area contributed by atoms with E-state index in [1.54, 1.807) is 0 Å². The molecule has 24 heavy (non-hydrogen) atoms. The number of aryl methyl sites for hydroxylation is 1. The summed E-state index contributed by atoms with van der Waals surface area (Å²) >= 11 is 0. The van der Waals surface area contributed by atoms with E-state index in [1.165, 1.54) is 12.8 Å². The van der Waals surface area contributed by atoms with Gasteiger partial charge in [-0.2, -0.15) is 4.98 Å². The molecule has 1 saturated carbocycles. The van der Waals surface area contributed by atoms with Gasteiger partial charge in [-0.05, 0) is 39.2 Å². The van der Waals surface area contributed by atoms with E-state index in [0.717, 1.165) is 44.2 Å². The summed E-state index contributed by atoms with van der Waals surface area (Å²) < 4.78 is 10.9. The highest BCUT2D eigenvalue weighted by atomic mass is 16.5. The average molecular weight is 332 g/mol. The van der Waals surface area contributed by atoms with Gasteiger partial charge in [-0.25, -0.2) is 0 Å². The molecule has 0 aromatic carbocycles. The summed E-state index contributed by atoms with van der Waals surface area (Å²) in [5.41, 5.74) is 0. The van der Waals surface area contributed by atoms with Crippen molar-refractivity contribution < 1.29 is 8.94 Å². The standard InChI is InChI=1S/C16H24N6O2/c1-10(15-20-19-11(2)23-15)17-13-4-3-7-22(8-13)9-14-18-16(24-21-14)12-5-6-12/h10,12-13,17H,3-9H2,1-2H3. The van der Waals surface area contributed by atoms with Crippen molar-refractivity contribution >= 4 is 0 Å². The van der Waals surface area contributed by atoms with E-state index in [0.29, 0.717) is 23.7 Å².